The van der Waals surface area contributed by atoms with Crippen LogP contribution in [0.2, 0.25) is 0 Å². The second-order valence-corrected chi connectivity index (χ2v) is 6.42. The molecule has 2 heterocycles. The molecule has 0 aliphatic heterocycles. The van der Waals surface area contributed by atoms with E-state index in [2.05, 4.69) is 5.16 Å². The summed E-state index contributed by atoms with van der Waals surface area (Å²) in [4.78, 5) is 16.6. The van der Waals surface area contributed by atoms with Crippen molar-refractivity contribution >= 4 is 5.91 Å². The van der Waals surface area contributed by atoms with E-state index in [0.29, 0.717) is 26.2 Å². The number of aryl methyl sites for hydroxylation is 1. The lowest BCUT2D eigenvalue weighted by molar-refractivity contribution is -0.133. The van der Waals surface area contributed by atoms with Crippen molar-refractivity contribution < 1.29 is 13.7 Å². The van der Waals surface area contributed by atoms with Gasteiger partial charge in [-0.25, -0.2) is 0 Å². The standard InChI is InChI=1S/C20H23N3O3/c1-16-11-18(21-26-16)13-22(2)15-20(24)23(14-19-9-6-10-25-19)12-17-7-4-3-5-8-17/h3-11H,12-15H2,1-2H3. The Labute approximate surface area is 153 Å². The van der Waals surface area contributed by atoms with Crippen LogP contribution in [0, 0.1) is 6.92 Å². The van der Waals surface area contributed by atoms with Gasteiger partial charge < -0.3 is 13.8 Å². The molecule has 0 aliphatic rings. The van der Waals surface area contributed by atoms with E-state index in [1.54, 1.807) is 11.2 Å². The molecule has 3 rings (SSSR count). The zero-order valence-electron chi connectivity index (χ0n) is 15.1. The Morgan fingerprint density at radius 2 is 1.88 bits per heavy atom. The minimum absolute atomic E-state index is 0.0352. The van der Waals surface area contributed by atoms with Gasteiger partial charge >= 0.3 is 0 Å². The van der Waals surface area contributed by atoms with Crippen LogP contribution >= 0.6 is 0 Å². The summed E-state index contributed by atoms with van der Waals surface area (Å²) in [5.41, 5.74) is 1.90. The van der Waals surface area contributed by atoms with E-state index in [1.807, 2.05) is 67.4 Å². The molecule has 0 radical (unpaired) electrons. The maximum Gasteiger partial charge on any atom is 0.237 e. The molecule has 0 saturated carbocycles. The third kappa shape index (κ3) is 5.07. The van der Waals surface area contributed by atoms with Crippen LogP contribution in [0.15, 0.2) is 63.7 Å². The number of amides is 1. The van der Waals surface area contributed by atoms with Gasteiger partial charge in [-0.3, -0.25) is 9.69 Å². The fourth-order valence-electron chi connectivity index (χ4n) is 2.78. The molecule has 6 heteroatoms. The maximum absolute atomic E-state index is 12.9. The van der Waals surface area contributed by atoms with Gasteiger partial charge in [0, 0.05) is 19.2 Å². The molecule has 0 bridgehead atoms. The summed E-state index contributed by atoms with van der Waals surface area (Å²) in [5.74, 6) is 1.57. The Balaban J connectivity index is 1.65. The van der Waals surface area contributed by atoms with Gasteiger partial charge in [0.25, 0.3) is 0 Å². The third-order valence-corrected chi connectivity index (χ3v) is 4.01. The highest BCUT2D eigenvalue weighted by atomic mass is 16.5. The average molecular weight is 353 g/mol. The molecule has 26 heavy (non-hydrogen) atoms. The predicted molar refractivity (Wildman–Crippen MR) is 97.0 cm³/mol. The zero-order valence-corrected chi connectivity index (χ0v) is 15.1. The first-order valence-electron chi connectivity index (χ1n) is 8.55. The molecule has 136 valence electrons. The molecule has 0 N–H and O–H groups in total. The Morgan fingerprint density at radius 3 is 2.54 bits per heavy atom. The van der Waals surface area contributed by atoms with Crippen molar-refractivity contribution in [2.45, 2.75) is 26.6 Å². The summed E-state index contributed by atoms with van der Waals surface area (Å²) in [6, 6.07) is 15.6. The van der Waals surface area contributed by atoms with E-state index in [0.717, 1.165) is 22.8 Å². The summed E-state index contributed by atoms with van der Waals surface area (Å²) in [6.07, 6.45) is 1.62. The molecule has 1 aromatic carbocycles. The Bertz CT molecular complexity index is 812. The second kappa shape index (κ2) is 8.49. The molecule has 0 unspecified atom stereocenters. The first kappa shape index (κ1) is 17.9. The lowest BCUT2D eigenvalue weighted by atomic mass is 10.2. The molecular weight excluding hydrogens is 330 g/mol. The fraction of sp³-hybridized carbons (Fsp3) is 0.300. The number of hydrogen-bond acceptors (Lipinski definition) is 5. The molecule has 0 fully saturated rings. The highest BCUT2D eigenvalue weighted by Crippen LogP contribution is 2.12. The molecule has 3 aromatic rings. The largest absolute Gasteiger partial charge is 0.467 e. The molecule has 0 spiro atoms. The number of likely N-dealkylation sites (N-methyl/N-ethyl adjacent to an activating group) is 1. The van der Waals surface area contributed by atoms with Crippen LogP contribution in [0.1, 0.15) is 22.8 Å². The van der Waals surface area contributed by atoms with Crippen LogP contribution in [-0.4, -0.2) is 34.5 Å². The molecule has 2 aromatic heterocycles. The van der Waals surface area contributed by atoms with Crippen LogP contribution in [0.4, 0.5) is 0 Å². The smallest absolute Gasteiger partial charge is 0.237 e. The molecule has 0 aliphatic carbocycles. The van der Waals surface area contributed by atoms with Crippen molar-refractivity contribution in [1.29, 1.82) is 0 Å². The number of carbonyl (C=O) groups excluding carboxylic acids is 1. The van der Waals surface area contributed by atoms with E-state index < -0.39 is 0 Å². The van der Waals surface area contributed by atoms with Crippen molar-refractivity contribution in [3.05, 3.63) is 77.6 Å². The normalized spacial score (nSPS) is 11.0. The third-order valence-electron chi connectivity index (χ3n) is 4.01. The van der Waals surface area contributed by atoms with Crippen LogP contribution in [0.3, 0.4) is 0 Å². The molecular formula is C20H23N3O3. The number of aromatic nitrogens is 1. The van der Waals surface area contributed by atoms with Crippen molar-refractivity contribution in [3.8, 4) is 0 Å². The zero-order chi connectivity index (χ0) is 18.4. The van der Waals surface area contributed by atoms with Gasteiger partial charge in [0.2, 0.25) is 5.91 Å². The Hall–Kier alpha value is -2.86. The lowest BCUT2D eigenvalue weighted by Crippen LogP contribution is -2.38. The van der Waals surface area contributed by atoms with Crippen LogP contribution in [0.25, 0.3) is 0 Å². The van der Waals surface area contributed by atoms with Gasteiger partial charge in [0.05, 0.1) is 25.0 Å². The Morgan fingerprint density at radius 1 is 1.08 bits per heavy atom. The summed E-state index contributed by atoms with van der Waals surface area (Å²) in [6.45, 7) is 3.68. The summed E-state index contributed by atoms with van der Waals surface area (Å²) >= 11 is 0. The molecule has 1 amide bonds. The predicted octanol–water partition coefficient (Wildman–Crippen LogP) is 3.24. The fourth-order valence-corrected chi connectivity index (χ4v) is 2.78. The SMILES string of the molecule is Cc1cc(CN(C)CC(=O)N(Cc2ccccc2)Cc2ccco2)no1. The quantitative estimate of drug-likeness (QED) is 0.622. The van der Waals surface area contributed by atoms with E-state index in [1.165, 1.54) is 0 Å². The summed E-state index contributed by atoms with van der Waals surface area (Å²) < 4.78 is 10.5. The van der Waals surface area contributed by atoms with E-state index >= 15 is 0 Å². The van der Waals surface area contributed by atoms with Crippen molar-refractivity contribution in [2.75, 3.05) is 13.6 Å². The minimum Gasteiger partial charge on any atom is -0.467 e. The number of carbonyl (C=O) groups is 1. The second-order valence-electron chi connectivity index (χ2n) is 6.42. The van der Waals surface area contributed by atoms with Crippen molar-refractivity contribution in [3.63, 3.8) is 0 Å². The summed E-state index contributed by atoms with van der Waals surface area (Å²) in [5, 5.41) is 3.98. The average Bonchev–Trinajstić information content (AvgIpc) is 3.27. The van der Waals surface area contributed by atoms with Gasteiger partial charge in [0.15, 0.2) is 0 Å². The number of rotatable bonds is 8. The first-order chi connectivity index (χ1) is 12.6. The van der Waals surface area contributed by atoms with Gasteiger partial charge in [-0.1, -0.05) is 35.5 Å². The first-order valence-corrected chi connectivity index (χ1v) is 8.55. The van der Waals surface area contributed by atoms with E-state index in [9.17, 15) is 4.79 Å². The number of benzene rings is 1. The van der Waals surface area contributed by atoms with Gasteiger partial charge in [0.1, 0.15) is 11.5 Å². The van der Waals surface area contributed by atoms with Crippen molar-refractivity contribution in [1.82, 2.24) is 15.0 Å². The van der Waals surface area contributed by atoms with Gasteiger partial charge in [-0.05, 0) is 31.7 Å². The topological polar surface area (TPSA) is 62.7 Å². The lowest BCUT2D eigenvalue weighted by Gasteiger charge is -2.24. The summed E-state index contributed by atoms with van der Waals surface area (Å²) in [7, 11) is 1.90. The van der Waals surface area contributed by atoms with Crippen LogP contribution in [0.5, 0.6) is 0 Å². The molecule has 0 atom stereocenters. The molecule has 6 nitrogen and oxygen atoms in total. The maximum atomic E-state index is 12.9. The highest BCUT2D eigenvalue weighted by molar-refractivity contribution is 5.78. The van der Waals surface area contributed by atoms with E-state index in [4.69, 9.17) is 8.94 Å². The monoisotopic (exact) mass is 353 g/mol. The number of hydrogen-bond donors (Lipinski definition) is 0. The van der Waals surface area contributed by atoms with Crippen LogP contribution < -0.4 is 0 Å². The van der Waals surface area contributed by atoms with Crippen molar-refractivity contribution in [2.24, 2.45) is 0 Å². The molecule has 0 saturated heterocycles. The highest BCUT2D eigenvalue weighted by Gasteiger charge is 2.18. The van der Waals surface area contributed by atoms with Gasteiger partial charge in [-0.15, -0.1) is 0 Å². The Kier molecular flexibility index (Phi) is 5.86. The number of nitrogens with zero attached hydrogens (tertiary/aromatic N) is 3. The number of furan rings is 1. The minimum atomic E-state index is 0.0352. The van der Waals surface area contributed by atoms with E-state index in [-0.39, 0.29) is 5.91 Å². The van der Waals surface area contributed by atoms with Gasteiger partial charge in [-0.2, -0.15) is 0 Å². The van der Waals surface area contributed by atoms with Crippen LogP contribution in [-0.2, 0) is 24.4 Å².